The Morgan fingerprint density at radius 3 is 2.70 bits per heavy atom. The van der Waals surface area contributed by atoms with Crippen molar-refractivity contribution in [1.82, 2.24) is 15.3 Å². The van der Waals surface area contributed by atoms with Crippen LogP contribution in [0.25, 0.3) is 11.0 Å². The Balaban J connectivity index is 2.24. The van der Waals surface area contributed by atoms with Gasteiger partial charge in [-0.25, -0.2) is 0 Å². The lowest BCUT2D eigenvalue weighted by Gasteiger charge is -2.20. The second kappa shape index (κ2) is 7.95. The van der Waals surface area contributed by atoms with E-state index in [1.807, 2.05) is 6.07 Å². The Morgan fingerprint density at radius 1 is 1.05 bits per heavy atom. The monoisotopic (exact) mass is 271 g/mol. The zero-order chi connectivity index (χ0) is 14.2. The quantitative estimate of drug-likeness (QED) is 0.729. The van der Waals surface area contributed by atoms with Gasteiger partial charge in [0.25, 0.3) is 0 Å². The second-order valence-corrected chi connectivity index (χ2v) is 5.27. The molecule has 0 aliphatic heterocycles. The minimum atomic E-state index is 0.391. The molecule has 0 saturated carbocycles. The number of unbranched alkanes of at least 4 members (excludes halogenated alkanes) is 2. The molecule has 1 aromatic carbocycles. The van der Waals surface area contributed by atoms with E-state index in [2.05, 4.69) is 41.3 Å². The molecule has 0 saturated heterocycles. The maximum absolute atomic E-state index is 4.54. The number of nitrogens with one attached hydrogen (secondary N) is 1. The minimum absolute atomic E-state index is 0.391. The van der Waals surface area contributed by atoms with E-state index in [1.165, 1.54) is 31.2 Å². The van der Waals surface area contributed by atoms with Crippen LogP contribution < -0.4 is 5.32 Å². The van der Waals surface area contributed by atoms with Crippen molar-refractivity contribution < 1.29 is 0 Å². The third-order valence-electron chi connectivity index (χ3n) is 3.64. The van der Waals surface area contributed by atoms with Crippen LogP contribution in [-0.2, 0) is 0 Å². The first-order valence-corrected chi connectivity index (χ1v) is 7.79. The average molecular weight is 271 g/mol. The van der Waals surface area contributed by atoms with Gasteiger partial charge in [0.2, 0.25) is 0 Å². The molecule has 2 aromatic rings. The summed E-state index contributed by atoms with van der Waals surface area (Å²) in [6.07, 6.45) is 9.68. The summed E-state index contributed by atoms with van der Waals surface area (Å²) in [7, 11) is 0. The molecule has 0 amide bonds. The largest absolute Gasteiger partial charge is 0.310 e. The van der Waals surface area contributed by atoms with Crippen LogP contribution in [0.4, 0.5) is 0 Å². The molecule has 1 aromatic heterocycles. The third kappa shape index (κ3) is 3.76. The van der Waals surface area contributed by atoms with E-state index >= 15 is 0 Å². The van der Waals surface area contributed by atoms with Crippen molar-refractivity contribution in [3.8, 4) is 0 Å². The van der Waals surface area contributed by atoms with Gasteiger partial charge in [-0.1, -0.05) is 45.2 Å². The average Bonchev–Trinajstić information content (AvgIpc) is 2.50. The van der Waals surface area contributed by atoms with Gasteiger partial charge in [-0.05, 0) is 31.0 Å². The summed E-state index contributed by atoms with van der Waals surface area (Å²) in [5, 5.41) is 3.67. The highest BCUT2D eigenvalue weighted by atomic mass is 14.9. The maximum Gasteiger partial charge on any atom is 0.0934 e. The van der Waals surface area contributed by atoms with Gasteiger partial charge in [-0.15, -0.1) is 0 Å². The molecule has 0 spiro atoms. The van der Waals surface area contributed by atoms with Crippen LogP contribution in [0.1, 0.15) is 57.6 Å². The lowest BCUT2D eigenvalue weighted by molar-refractivity contribution is 0.476. The molecule has 3 nitrogen and oxygen atoms in total. The Labute approximate surface area is 121 Å². The maximum atomic E-state index is 4.54. The molecule has 0 radical (unpaired) electrons. The van der Waals surface area contributed by atoms with Crippen molar-refractivity contribution in [1.29, 1.82) is 0 Å². The Kier molecular flexibility index (Phi) is 5.93. The van der Waals surface area contributed by atoms with Gasteiger partial charge in [-0.2, -0.15) is 0 Å². The molecule has 0 aliphatic rings. The first kappa shape index (κ1) is 14.9. The summed E-state index contributed by atoms with van der Waals surface area (Å²) in [6, 6.07) is 6.71. The number of rotatable bonds is 8. The fourth-order valence-corrected chi connectivity index (χ4v) is 2.58. The highest BCUT2D eigenvalue weighted by Crippen LogP contribution is 2.25. The van der Waals surface area contributed by atoms with Crippen molar-refractivity contribution in [3.63, 3.8) is 0 Å². The van der Waals surface area contributed by atoms with Gasteiger partial charge in [0.15, 0.2) is 0 Å². The first-order chi connectivity index (χ1) is 9.86. The Bertz CT molecular complexity index is 519. The van der Waals surface area contributed by atoms with Crippen molar-refractivity contribution in [3.05, 3.63) is 36.2 Å². The minimum Gasteiger partial charge on any atom is -0.310 e. The molecule has 1 atom stereocenters. The lowest BCUT2D eigenvalue weighted by Crippen LogP contribution is -2.22. The summed E-state index contributed by atoms with van der Waals surface area (Å²) in [4.78, 5) is 8.95. The van der Waals surface area contributed by atoms with Crippen LogP contribution in [0.2, 0.25) is 0 Å². The molecule has 0 bridgehead atoms. The number of fused-ring (bicyclic) bond motifs is 1. The molecular formula is C17H25N3. The number of benzene rings is 1. The van der Waals surface area contributed by atoms with Crippen LogP contribution in [0.3, 0.4) is 0 Å². The predicted octanol–water partition coefficient (Wildman–Crippen LogP) is 4.25. The van der Waals surface area contributed by atoms with Gasteiger partial charge in [0, 0.05) is 18.4 Å². The van der Waals surface area contributed by atoms with Gasteiger partial charge >= 0.3 is 0 Å². The van der Waals surface area contributed by atoms with Crippen LogP contribution in [0.5, 0.6) is 0 Å². The number of hydrogen-bond donors (Lipinski definition) is 1. The van der Waals surface area contributed by atoms with Crippen LogP contribution >= 0.6 is 0 Å². The molecule has 20 heavy (non-hydrogen) atoms. The number of para-hydroxylation sites is 1. The molecule has 108 valence electrons. The van der Waals surface area contributed by atoms with Crippen LogP contribution in [-0.4, -0.2) is 16.5 Å². The van der Waals surface area contributed by atoms with Gasteiger partial charge in [-0.3, -0.25) is 9.97 Å². The molecular weight excluding hydrogens is 246 g/mol. The topological polar surface area (TPSA) is 37.8 Å². The molecule has 3 heteroatoms. The number of hydrogen-bond acceptors (Lipinski definition) is 3. The van der Waals surface area contributed by atoms with Crippen molar-refractivity contribution in [2.24, 2.45) is 0 Å². The van der Waals surface area contributed by atoms with Gasteiger partial charge in [0.05, 0.1) is 11.0 Å². The van der Waals surface area contributed by atoms with E-state index in [-0.39, 0.29) is 0 Å². The first-order valence-electron chi connectivity index (χ1n) is 7.79. The zero-order valence-electron chi connectivity index (χ0n) is 12.6. The Hall–Kier alpha value is -1.48. The fourth-order valence-electron chi connectivity index (χ4n) is 2.58. The normalized spacial score (nSPS) is 12.7. The predicted molar refractivity (Wildman–Crippen MR) is 84.7 cm³/mol. The highest BCUT2D eigenvalue weighted by molar-refractivity contribution is 5.78. The molecule has 0 aliphatic carbocycles. The summed E-state index contributed by atoms with van der Waals surface area (Å²) in [5.74, 6) is 0. The van der Waals surface area contributed by atoms with Crippen LogP contribution in [0, 0.1) is 0 Å². The summed E-state index contributed by atoms with van der Waals surface area (Å²) in [6.45, 7) is 5.50. The van der Waals surface area contributed by atoms with Crippen LogP contribution in [0.15, 0.2) is 30.6 Å². The SMILES string of the molecule is CCCCCC(NCCC)c1cccc2nccnc12. The third-order valence-corrected chi connectivity index (χ3v) is 3.64. The van der Waals surface area contributed by atoms with E-state index < -0.39 is 0 Å². The van der Waals surface area contributed by atoms with Gasteiger partial charge in [0.1, 0.15) is 0 Å². The standard InChI is InChI=1S/C17H25N3/c1-3-5-6-9-15(18-11-4-2)14-8-7-10-16-17(14)20-13-12-19-16/h7-8,10,12-13,15,18H,3-6,9,11H2,1-2H3. The molecule has 1 unspecified atom stereocenters. The van der Waals surface area contributed by atoms with E-state index in [0.29, 0.717) is 6.04 Å². The van der Waals surface area contributed by atoms with E-state index in [0.717, 1.165) is 24.0 Å². The van der Waals surface area contributed by atoms with Crippen molar-refractivity contribution >= 4 is 11.0 Å². The Morgan fingerprint density at radius 2 is 1.90 bits per heavy atom. The molecule has 1 heterocycles. The molecule has 1 N–H and O–H groups in total. The van der Waals surface area contributed by atoms with E-state index in [4.69, 9.17) is 0 Å². The smallest absolute Gasteiger partial charge is 0.0934 e. The molecule has 0 fully saturated rings. The summed E-state index contributed by atoms with van der Waals surface area (Å²) >= 11 is 0. The van der Waals surface area contributed by atoms with E-state index in [9.17, 15) is 0 Å². The molecule has 2 rings (SSSR count). The van der Waals surface area contributed by atoms with Gasteiger partial charge < -0.3 is 5.32 Å². The van der Waals surface area contributed by atoms with Crippen molar-refractivity contribution in [2.45, 2.75) is 52.0 Å². The second-order valence-electron chi connectivity index (χ2n) is 5.27. The number of aromatic nitrogens is 2. The highest BCUT2D eigenvalue weighted by Gasteiger charge is 2.14. The fraction of sp³-hybridized carbons (Fsp3) is 0.529. The van der Waals surface area contributed by atoms with E-state index in [1.54, 1.807) is 12.4 Å². The number of nitrogens with zero attached hydrogens (tertiary/aromatic N) is 2. The van der Waals surface area contributed by atoms with Crippen molar-refractivity contribution in [2.75, 3.05) is 6.54 Å². The zero-order valence-corrected chi connectivity index (χ0v) is 12.6. The lowest BCUT2D eigenvalue weighted by atomic mass is 9.98. The summed E-state index contributed by atoms with van der Waals surface area (Å²) in [5.41, 5.74) is 3.32. The summed E-state index contributed by atoms with van der Waals surface area (Å²) < 4.78 is 0.